The highest BCUT2D eigenvalue weighted by molar-refractivity contribution is 7.10. The second kappa shape index (κ2) is 7.44. The molecule has 1 aliphatic rings. The first-order valence-corrected chi connectivity index (χ1v) is 10.2. The number of carboxylic acid groups (broad SMARTS) is 1. The molecule has 0 fully saturated rings. The number of amides is 1. The van der Waals surface area contributed by atoms with E-state index in [0.717, 1.165) is 15.0 Å². The lowest BCUT2D eigenvalue weighted by atomic mass is 9.80. The normalized spacial score (nSPS) is 18.4. The fraction of sp³-hybridized carbons (Fsp3) is 0.227. The summed E-state index contributed by atoms with van der Waals surface area (Å²) in [5.74, 6) is -0.262. The molecule has 0 aliphatic carbocycles. The molecule has 3 heterocycles. The monoisotopic (exact) mass is 421 g/mol. The summed E-state index contributed by atoms with van der Waals surface area (Å²) < 4.78 is 7.21. The third-order valence-corrected chi connectivity index (χ3v) is 6.29. The van der Waals surface area contributed by atoms with E-state index in [9.17, 15) is 20.0 Å². The first-order valence-electron chi connectivity index (χ1n) is 9.36. The van der Waals surface area contributed by atoms with Gasteiger partial charge in [-0.3, -0.25) is 4.79 Å². The predicted octanol–water partition coefficient (Wildman–Crippen LogP) is 4.48. The Morgan fingerprint density at radius 3 is 2.77 bits per heavy atom. The van der Waals surface area contributed by atoms with E-state index in [1.54, 1.807) is 29.5 Å². The molecule has 3 aromatic rings. The Morgan fingerprint density at radius 2 is 2.13 bits per heavy atom. The van der Waals surface area contributed by atoms with Crippen LogP contribution in [-0.4, -0.2) is 28.3 Å². The largest absolute Gasteiger partial charge is 0.464 e. The molecule has 152 valence electrons. The van der Waals surface area contributed by atoms with Gasteiger partial charge in [0, 0.05) is 16.1 Å². The summed E-state index contributed by atoms with van der Waals surface area (Å²) in [7, 11) is 0. The topological polar surface area (TPSA) is 104 Å². The summed E-state index contributed by atoms with van der Waals surface area (Å²) in [6.07, 6.45) is -1.24. The number of aromatic nitrogens is 1. The van der Waals surface area contributed by atoms with E-state index in [0.29, 0.717) is 16.9 Å². The molecule has 1 amide bonds. The van der Waals surface area contributed by atoms with E-state index in [2.05, 4.69) is 5.32 Å². The number of nitrogens with zero attached hydrogens (tertiary/aromatic N) is 2. The molecule has 4 rings (SSSR count). The third-order valence-electron chi connectivity index (χ3n) is 5.31. The van der Waals surface area contributed by atoms with Gasteiger partial charge in [0.25, 0.3) is 0 Å². The van der Waals surface area contributed by atoms with Crippen LogP contribution in [0.15, 0.2) is 47.8 Å². The summed E-state index contributed by atoms with van der Waals surface area (Å²) >= 11 is 1.54. The van der Waals surface area contributed by atoms with Crippen LogP contribution in [0, 0.1) is 17.2 Å². The molecule has 2 N–H and O–H groups in total. The summed E-state index contributed by atoms with van der Waals surface area (Å²) in [4.78, 5) is 25.0. The van der Waals surface area contributed by atoms with E-state index in [1.165, 1.54) is 6.07 Å². The number of carbonyl (C=O) groups is 2. The van der Waals surface area contributed by atoms with Crippen molar-refractivity contribution in [2.24, 2.45) is 5.92 Å². The lowest BCUT2D eigenvalue weighted by molar-refractivity contribution is -0.127. The van der Waals surface area contributed by atoms with Gasteiger partial charge in [0.1, 0.15) is 24.0 Å². The van der Waals surface area contributed by atoms with Crippen LogP contribution in [0.25, 0.3) is 11.3 Å². The molecular formula is C22H19N3O4S. The number of rotatable bonds is 3. The van der Waals surface area contributed by atoms with Gasteiger partial charge in [-0.25, -0.2) is 9.36 Å². The zero-order chi connectivity index (χ0) is 21.5. The lowest BCUT2D eigenvalue weighted by Gasteiger charge is -2.37. The minimum absolute atomic E-state index is 0.0150. The Hall–Kier alpha value is -3.41. The molecule has 1 atom stereocenters. The van der Waals surface area contributed by atoms with Crippen LogP contribution in [-0.2, 0) is 15.1 Å². The highest BCUT2D eigenvalue weighted by Gasteiger charge is 2.44. The average Bonchev–Trinajstić information content (AvgIpc) is 3.36. The molecule has 2 aromatic heterocycles. The number of thiophene rings is 1. The zero-order valence-corrected chi connectivity index (χ0v) is 17.2. The summed E-state index contributed by atoms with van der Waals surface area (Å²) in [5, 5.41) is 23.7. The second-order valence-electron chi connectivity index (χ2n) is 7.30. The van der Waals surface area contributed by atoms with Crippen LogP contribution >= 0.6 is 11.3 Å². The van der Waals surface area contributed by atoms with E-state index >= 15 is 0 Å². The first kappa shape index (κ1) is 19.9. The minimum atomic E-state index is -1.24. The number of ether oxygens (including phenoxy) is 1. The smallest absolute Gasteiger partial charge is 0.417 e. The molecule has 0 spiro atoms. The van der Waals surface area contributed by atoms with Crippen molar-refractivity contribution in [3.05, 3.63) is 64.0 Å². The van der Waals surface area contributed by atoms with Crippen molar-refractivity contribution < 1.29 is 19.4 Å². The fourth-order valence-electron chi connectivity index (χ4n) is 3.97. The highest BCUT2D eigenvalue weighted by Crippen LogP contribution is 2.47. The van der Waals surface area contributed by atoms with Gasteiger partial charge < -0.3 is 15.2 Å². The molecule has 0 saturated carbocycles. The standard InChI is InChI=1S/C22H19N3O4S/c1-13(2)22(19-4-3-9-30-19)16-10-14(5-7-17(16)24-20(26)12-29-22)18-8-6-15(11-23)25(18)21(27)28/h3-10,13H,12H2,1-2H3,(H,24,26)(H,27,28). The van der Waals surface area contributed by atoms with Crippen molar-refractivity contribution in [1.82, 2.24) is 4.57 Å². The van der Waals surface area contributed by atoms with Gasteiger partial charge in [0.2, 0.25) is 5.91 Å². The Morgan fingerprint density at radius 1 is 1.33 bits per heavy atom. The second-order valence-corrected chi connectivity index (χ2v) is 8.25. The number of nitriles is 1. The number of fused-ring (bicyclic) bond motifs is 1. The molecular weight excluding hydrogens is 402 g/mol. The van der Waals surface area contributed by atoms with E-state index in [4.69, 9.17) is 4.74 Å². The first-order chi connectivity index (χ1) is 14.4. The van der Waals surface area contributed by atoms with Gasteiger partial charge >= 0.3 is 6.09 Å². The fourth-order valence-corrected chi connectivity index (χ4v) is 5.02. The molecule has 7 nitrogen and oxygen atoms in total. The lowest BCUT2D eigenvalue weighted by Crippen LogP contribution is -2.36. The molecule has 30 heavy (non-hydrogen) atoms. The number of hydrogen-bond donors (Lipinski definition) is 2. The Labute approximate surface area is 177 Å². The van der Waals surface area contributed by atoms with Crippen molar-refractivity contribution in [2.75, 3.05) is 11.9 Å². The molecule has 0 saturated heterocycles. The summed E-state index contributed by atoms with van der Waals surface area (Å²) in [5.41, 5.74) is 1.51. The molecule has 8 heteroatoms. The summed E-state index contributed by atoms with van der Waals surface area (Å²) in [6.45, 7) is 3.96. The van der Waals surface area contributed by atoms with Crippen molar-refractivity contribution >= 4 is 29.0 Å². The van der Waals surface area contributed by atoms with Crippen LogP contribution in [0.4, 0.5) is 10.5 Å². The molecule has 0 radical (unpaired) electrons. The van der Waals surface area contributed by atoms with Gasteiger partial charge in [-0.2, -0.15) is 5.26 Å². The van der Waals surface area contributed by atoms with Crippen LogP contribution in [0.1, 0.15) is 30.0 Å². The van der Waals surface area contributed by atoms with Crippen LogP contribution in [0.5, 0.6) is 0 Å². The Kier molecular flexibility index (Phi) is 4.94. The van der Waals surface area contributed by atoms with Crippen molar-refractivity contribution in [3.63, 3.8) is 0 Å². The van der Waals surface area contributed by atoms with Gasteiger partial charge in [-0.1, -0.05) is 26.0 Å². The number of benzene rings is 1. The van der Waals surface area contributed by atoms with E-state index in [1.807, 2.05) is 43.5 Å². The molecule has 1 unspecified atom stereocenters. The van der Waals surface area contributed by atoms with Crippen LogP contribution in [0.2, 0.25) is 0 Å². The third kappa shape index (κ3) is 3.00. The number of hydrogen-bond acceptors (Lipinski definition) is 5. The predicted molar refractivity (Wildman–Crippen MR) is 113 cm³/mol. The number of carbonyl (C=O) groups excluding carboxylic acids is 1. The zero-order valence-electron chi connectivity index (χ0n) is 16.4. The van der Waals surface area contributed by atoms with Crippen LogP contribution in [0.3, 0.4) is 0 Å². The van der Waals surface area contributed by atoms with E-state index < -0.39 is 11.7 Å². The molecule has 0 bridgehead atoms. The van der Waals surface area contributed by atoms with Gasteiger partial charge in [-0.05, 0) is 47.2 Å². The van der Waals surface area contributed by atoms with Gasteiger partial charge in [0.15, 0.2) is 0 Å². The number of nitrogens with one attached hydrogen (secondary N) is 1. The van der Waals surface area contributed by atoms with E-state index in [-0.39, 0.29) is 24.1 Å². The van der Waals surface area contributed by atoms with Crippen molar-refractivity contribution in [3.8, 4) is 17.3 Å². The van der Waals surface area contributed by atoms with Crippen molar-refractivity contribution in [1.29, 1.82) is 5.26 Å². The molecule has 1 aliphatic heterocycles. The Bertz CT molecular complexity index is 1170. The van der Waals surface area contributed by atoms with Gasteiger partial charge in [0.05, 0.1) is 5.69 Å². The van der Waals surface area contributed by atoms with Crippen molar-refractivity contribution in [2.45, 2.75) is 19.4 Å². The van der Waals surface area contributed by atoms with Gasteiger partial charge in [-0.15, -0.1) is 11.3 Å². The maximum atomic E-state index is 12.3. The maximum Gasteiger partial charge on any atom is 0.417 e. The maximum absolute atomic E-state index is 12.3. The SMILES string of the molecule is CC(C)C1(c2cccs2)OCC(=O)Nc2ccc(-c3ccc(C#N)n3C(=O)O)cc21. The molecule has 1 aromatic carbocycles. The van der Waals surface area contributed by atoms with Crippen LogP contribution < -0.4 is 5.32 Å². The minimum Gasteiger partial charge on any atom is -0.464 e. The highest BCUT2D eigenvalue weighted by atomic mass is 32.1. The Balaban J connectivity index is 1.99. The average molecular weight is 421 g/mol. The quantitative estimate of drug-likeness (QED) is 0.649. The number of anilines is 1. The summed E-state index contributed by atoms with van der Waals surface area (Å²) in [6, 6.07) is 14.2.